The second-order valence-corrected chi connectivity index (χ2v) is 9.32. The number of carbonyl (C=O) groups excluding carboxylic acids is 2. The Kier molecular flexibility index (Phi) is 13.1. The Bertz CT molecular complexity index is 336. The van der Waals surface area contributed by atoms with Crippen molar-refractivity contribution in [2.45, 2.75) is 92.4 Å². The monoisotopic (exact) mass is 523 g/mol. The normalized spacial score (nSPS) is 12.7. The van der Waals surface area contributed by atoms with E-state index >= 15 is 0 Å². The van der Waals surface area contributed by atoms with E-state index in [9.17, 15) is 9.59 Å². The van der Waals surface area contributed by atoms with Crippen LogP contribution in [0, 0.1) is 11.3 Å². The van der Waals surface area contributed by atoms with Crippen molar-refractivity contribution < 1.29 is 15.2 Å². The summed E-state index contributed by atoms with van der Waals surface area (Å²) in [6.45, 7) is 10.8. The van der Waals surface area contributed by atoms with E-state index in [2.05, 4.69) is 27.7 Å². The summed E-state index contributed by atoms with van der Waals surface area (Å²) in [5.74, 6) is -0.405. The molecule has 4 nitrogen and oxygen atoms in total. The van der Waals surface area contributed by atoms with E-state index in [1.807, 2.05) is 6.92 Å². The minimum absolute atomic E-state index is 0.0326. The molecule has 0 aromatic carbocycles. The van der Waals surface area contributed by atoms with Gasteiger partial charge in [-0.2, -0.15) is 0 Å². The van der Waals surface area contributed by atoms with Crippen molar-refractivity contribution in [2.24, 2.45) is 11.3 Å². The molecule has 0 saturated heterocycles. The molecular formula is C18H34BiO4. The van der Waals surface area contributed by atoms with Crippen molar-refractivity contribution >= 4 is 36.1 Å². The SMILES string of the molecule is CCCCC(CC)C(=O)[O][Bi][O]C(=O)CCCCCC(C)(C)C. The van der Waals surface area contributed by atoms with E-state index < -0.39 is 24.1 Å². The van der Waals surface area contributed by atoms with E-state index in [4.69, 9.17) is 5.63 Å². The van der Waals surface area contributed by atoms with Gasteiger partial charge in [-0.1, -0.05) is 0 Å². The zero-order chi connectivity index (χ0) is 17.7. The molecule has 135 valence electrons. The van der Waals surface area contributed by atoms with E-state index in [0.717, 1.165) is 44.9 Å². The van der Waals surface area contributed by atoms with Gasteiger partial charge >= 0.3 is 155 Å². The third-order valence-electron chi connectivity index (χ3n) is 3.81. The summed E-state index contributed by atoms with van der Waals surface area (Å²) >= 11 is -1.90. The summed E-state index contributed by atoms with van der Waals surface area (Å²) in [6, 6.07) is 0. The molecule has 0 heterocycles. The maximum absolute atomic E-state index is 11.9. The molecule has 0 saturated carbocycles. The van der Waals surface area contributed by atoms with Crippen LogP contribution < -0.4 is 0 Å². The number of rotatable bonds is 12. The van der Waals surface area contributed by atoms with E-state index in [1.165, 1.54) is 6.42 Å². The summed E-state index contributed by atoms with van der Waals surface area (Å²) in [4.78, 5) is 23.5. The average molecular weight is 523 g/mol. The van der Waals surface area contributed by atoms with Crippen LogP contribution >= 0.6 is 0 Å². The molecule has 0 aliphatic heterocycles. The van der Waals surface area contributed by atoms with Crippen molar-refractivity contribution in [3.63, 3.8) is 0 Å². The van der Waals surface area contributed by atoms with Gasteiger partial charge in [-0.3, -0.25) is 0 Å². The van der Waals surface area contributed by atoms with Crippen LogP contribution in [-0.2, 0) is 15.2 Å². The fraction of sp³-hybridized carbons (Fsp3) is 0.889. The van der Waals surface area contributed by atoms with Gasteiger partial charge in [-0.15, -0.1) is 0 Å². The second-order valence-electron chi connectivity index (χ2n) is 7.32. The van der Waals surface area contributed by atoms with Crippen LogP contribution in [0.15, 0.2) is 0 Å². The van der Waals surface area contributed by atoms with E-state index in [1.54, 1.807) is 0 Å². The van der Waals surface area contributed by atoms with E-state index in [-0.39, 0.29) is 17.9 Å². The molecule has 1 atom stereocenters. The molecule has 0 aliphatic carbocycles. The van der Waals surface area contributed by atoms with Gasteiger partial charge in [0.1, 0.15) is 0 Å². The summed E-state index contributed by atoms with van der Waals surface area (Å²) in [5.41, 5.74) is 0.358. The predicted octanol–water partition coefficient (Wildman–Crippen LogP) is 4.82. The topological polar surface area (TPSA) is 52.6 Å². The Morgan fingerprint density at radius 3 is 2.26 bits per heavy atom. The van der Waals surface area contributed by atoms with Gasteiger partial charge in [0.2, 0.25) is 0 Å². The van der Waals surface area contributed by atoms with Crippen molar-refractivity contribution in [3.05, 3.63) is 0 Å². The van der Waals surface area contributed by atoms with Crippen LogP contribution in [0.4, 0.5) is 0 Å². The van der Waals surface area contributed by atoms with Crippen LogP contribution in [0.5, 0.6) is 0 Å². The molecule has 0 aromatic heterocycles. The van der Waals surface area contributed by atoms with Gasteiger partial charge in [0, 0.05) is 0 Å². The third kappa shape index (κ3) is 13.9. The Morgan fingerprint density at radius 2 is 1.70 bits per heavy atom. The molecule has 0 spiro atoms. The van der Waals surface area contributed by atoms with Crippen molar-refractivity contribution in [2.75, 3.05) is 0 Å². The Balaban J connectivity index is 3.71. The molecule has 0 bridgehead atoms. The second kappa shape index (κ2) is 13.2. The summed E-state index contributed by atoms with van der Waals surface area (Å²) in [7, 11) is 0. The van der Waals surface area contributed by atoms with Crippen LogP contribution in [0.2, 0.25) is 0 Å². The molecule has 5 heteroatoms. The van der Waals surface area contributed by atoms with Crippen LogP contribution in [-0.4, -0.2) is 36.1 Å². The molecule has 23 heavy (non-hydrogen) atoms. The van der Waals surface area contributed by atoms with Gasteiger partial charge < -0.3 is 0 Å². The molecule has 0 aliphatic rings. The first-order valence-corrected chi connectivity index (χ1v) is 11.7. The first-order chi connectivity index (χ1) is 10.8. The van der Waals surface area contributed by atoms with Gasteiger partial charge in [0.05, 0.1) is 0 Å². The van der Waals surface area contributed by atoms with E-state index in [0.29, 0.717) is 11.8 Å². The molecule has 0 N–H and O–H groups in total. The summed E-state index contributed by atoms with van der Waals surface area (Å²) in [6.07, 6.45) is 8.44. The summed E-state index contributed by atoms with van der Waals surface area (Å²) in [5, 5.41) is 0. The standard InChI is InChI=1S/C10H20O2.C8H16O2.Bi/c1-10(2,3)8-6-4-5-7-9(11)12;1-3-5-6-7(4-2)8(9)10;/h4-8H2,1-3H3,(H,11,12);7H,3-6H2,1-2H3,(H,9,10);/q;;+2/p-2. The van der Waals surface area contributed by atoms with Gasteiger partial charge in [0.25, 0.3) is 0 Å². The fourth-order valence-corrected chi connectivity index (χ4v) is 3.95. The quantitative estimate of drug-likeness (QED) is 0.272. The van der Waals surface area contributed by atoms with Gasteiger partial charge in [0.15, 0.2) is 0 Å². The van der Waals surface area contributed by atoms with Crippen molar-refractivity contribution in [1.82, 2.24) is 0 Å². The number of carbonyl (C=O) groups is 2. The molecule has 0 aromatic rings. The average Bonchev–Trinajstić information content (AvgIpc) is 2.46. The van der Waals surface area contributed by atoms with Crippen molar-refractivity contribution in [3.8, 4) is 0 Å². The molecule has 1 unspecified atom stereocenters. The maximum atomic E-state index is 11.9. The molecular weight excluding hydrogens is 489 g/mol. The molecule has 0 amide bonds. The predicted molar refractivity (Wildman–Crippen MR) is 93.8 cm³/mol. The minimum atomic E-state index is -1.90. The molecule has 1 radical (unpaired) electrons. The number of hydrogen-bond acceptors (Lipinski definition) is 4. The Morgan fingerprint density at radius 1 is 1.00 bits per heavy atom. The molecule has 0 fully saturated rings. The number of hydrogen-bond donors (Lipinski definition) is 0. The Labute approximate surface area is 154 Å². The van der Waals surface area contributed by atoms with Crippen LogP contribution in [0.25, 0.3) is 0 Å². The summed E-state index contributed by atoms with van der Waals surface area (Å²) < 4.78 is 10.4. The fourth-order valence-electron chi connectivity index (χ4n) is 2.26. The Hall–Kier alpha value is -0.177. The van der Waals surface area contributed by atoms with Gasteiger partial charge in [-0.05, 0) is 0 Å². The zero-order valence-electron chi connectivity index (χ0n) is 15.5. The first-order valence-electron chi connectivity index (χ1n) is 8.91. The first kappa shape index (κ1) is 22.8. The van der Waals surface area contributed by atoms with Crippen LogP contribution in [0.3, 0.4) is 0 Å². The van der Waals surface area contributed by atoms with Crippen molar-refractivity contribution in [1.29, 1.82) is 0 Å². The third-order valence-corrected chi connectivity index (χ3v) is 5.88. The molecule has 0 rings (SSSR count). The van der Waals surface area contributed by atoms with Crippen LogP contribution in [0.1, 0.15) is 92.4 Å². The van der Waals surface area contributed by atoms with Gasteiger partial charge in [-0.25, -0.2) is 0 Å². The number of unbranched alkanes of at least 4 members (excludes halogenated alkanes) is 3. The zero-order valence-corrected chi connectivity index (χ0v) is 19.0.